The molecular formula is C6H9N2O-. The minimum atomic E-state index is 0.498. The van der Waals surface area contributed by atoms with Gasteiger partial charge in [-0.2, -0.15) is 0 Å². The molecule has 9 heavy (non-hydrogen) atoms. The molecule has 3 heteroatoms. The minimum Gasteiger partial charge on any atom is -0.758 e. The first kappa shape index (κ1) is 6.16. The first-order valence-electron chi connectivity index (χ1n) is 2.92. The zero-order valence-electron chi connectivity index (χ0n) is 5.29. The monoisotopic (exact) mass is 125 g/mol. The van der Waals surface area contributed by atoms with E-state index in [1.807, 2.05) is 6.92 Å². The van der Waals surface area contributed by atoms with E-state index >= 15 is 0 Å². The van der Waals surface area contributed by atoms with Crippen LogP contribution in [0.1, 0.15) is 6.92 Å². The third kappa shape index (κ3) is 1.23. The number of hydroxylamine groups is 1. The number of nitrogens with one attached hydrogen (secondary N) is 1. The van der Waals surface area contributed by atoms with Gasteiger partial charge in [-0.1, -0.05) is 0 Å². The summed E-state index contributed by atoms with van der Waals surface area (Å²) in [5.74, 6) is 0. The van der Waals surface area contributed by atoms with Crippen LogP contribution < -0.4 is 5.06 Å². The first-order chi connectivity index (χ1) is 4.34. The van der Waals surface area contributed by atoms with Crippen molar-refractivity contribution in [2.45, 2.75) is 6.92 Å². The standard InChI is InChI=1S/C6H9N2O/c1-2-8(9)6-3-4-7-5-6/h3-5,7H,2H2,1H3/q-1. The van der Waals surface area contributed by atoms with Gasteiger partial charge in [0.15, 0.2) is 0 Å². The van der Waals surface area contributed by atoms with Crippen molar-refractivity contribution >= 4 is 5.69 Å². The highest BCUT2D eigenvalue weighted by atomic mass is 16.5. The van der Waals surface area contributed by atoms with Crippen LogP contribution in [0.15, 0.2) is 18.5 Å². The van der Waals surface area contributed by atoms with E-state index < -0.39 is 0 Å². The lowest BCUT2D eigenvalue weighted by molar-refractivity contribution is 1.02. The summed E-state index contributed by atoms with van der Waals surface area (Å²) in [5.41, 5.74) is 0.692. The van der Waals surface area contributed by atoms with E-state index in [4.69, 9.17) is 0 Å². The molecule has 0 amide bonds. The molecule has 50 valence electrons. The molecule has 1 heterocycles. The summed E-state index contributed by atoms with van der Waals surface area (Å²) in [6.45, 7) is 2.32. The van der Waals surface area contributed by atoms with E-state index in [0.717, 1.165) is 5.06 Å². The molecule has 1 aromatic heterocycles. The van der Waals surface area contributed by atoms with E-state index in [2.05, 4.69) is 4.98 Å². The van der Waals surface area contributed by atoms with Crippen LogP contribution >= 0.6 is 0 Å². The highest BCUT2D eigenvalue weighted by Crippen LogP contribution is 2.08. The summed E-state index contributed by atoms with van der Waals surface area (Å²) >= 11 is 0. The van der Waals surface area contributed by atoms with Crippen LogP contribution in [0.3, 0.4) is 0 Å². The van der Waals surface area contributed by atoms with Crippen LogP contribution in [0.25, 0.3) is 0 Å². The predicted molar refractivity (Wildman–Crippen MR) is 37.2 cm³/mol. The second-order valence-corrected chi connectivity index (χ2v) is 1.76. The molecule has 0 saturated carbocycles. The number of anilines is 1. The number of hydrogen-bond acceptors (Lipinski definition) is 2. The van der Waals surface area contributed by atoms with Crippen molar-refractivity contribution in [3.63, 3.8) is 0 Å². The zero-order valence-corrected chi connectivity index (χ0v) is 5.29. The number of aromatic nitrogens is 1. The van der Waals surface area contributed by atoms with Gasteiger partial charge in [0.05, 0.1) is 0 Å². The maximum absolute atomic E-state index is 10.8. The molecule has 0 saturated heterocycles. The number of rotatable bonds is 2. The van der Waals surface area contributed by atoms with Gasteiger partial charge in [0, 0.05) is 24.6 Å². The summed E-state index contributed by atoms with van der Waals surface area (Å²) < 4.78 is 0. The third-order valence-electron chi connectivity index (χ3n) is 1.16. The van der Waals surface area contributed by atoms with Gasteiger partial charge < -0.3 is 15.3 Å². The lowest BCUT2D eigenvalue weighted by atomic mass is 10.5. The Hall–Kier alpha value is -0.960. The Labute approximate surface area is 53.9 Å². The molecular weight excluding hydrogens is 116 g/mol. The zero-order chi connectivity index (χ0) is 6.69. The molecule has 0 spiro atoms. The van der Waals surface area contributed by atoms with E-state index in [9.17, 15) is 5.21 Å². The maximum Gasteiger partial charge on any atom is 0.0436 e. The normalized spacial score (nSPS) is 9.56. The number of hydrogen-bond donors (Lipinski definition) is 1. The average molecular weight is 125 g/mol. The smallest absolute Gasteiger partial charge is 0.0436 e. The van der Waals surface area contributed by atoms with Crippen molar-refractivity contribution in [1.82, 2.24) is 4.98 Å². The Balaban J connectivity index is 2.65. The van der Waals surface area contributed by atoms with Crippen molar-refractivity contribution in [3.05, 3.63) is 23.7 Å². The van der Waals surface area contributed by atoms with Crippen molar-refractivity contribution in [1.29, 1.82) is 0 Å². The Morgan fingerprint density at radius 2 is 2.56 bits per heavy atom. The van der Waals surface area contributed by atoms with E-state index in [0.29, 0.717) is 12.2 Å². The van der Waals surface area contributed by atoms with Gasteiger partial charge in [-0.25, -0.2) is 0 Å². The molecule has 0 aliphatic carbocycles. The largest absolute Gasteiger partial charge is 0.758 e. The second kappa shape index (κ2) is 2.55. The summed E-state index contributed by atoms with van der Waals surface area (Å²) in [5, 5.41) is 11.7. The molecule has 0 atom stereocenters. The fraction of sp³-hybridized carbons (Fsp3) is 0.333. The summed E-state index contributed by atoms with van der Waals surface area (Å²) in [6.07, 6.45) is 3.41. The Bertz CT molecular complexity index is 160. The van der Waals surface area contributed by atoms with Gasteiger partial charge in [-0.15, -0.1) is 0 Å². The van der Waals surface area contributed by atoms with Gasteiger partial charge in [-0.05, 0) is 13.0 Å². The molecule has 3 nitrogen and oxygen atoms in total. The van der Waals surface area contributed by atoms with E-state index in [1.54, 1.807) is 18.5 Å². The van der Waals surface area contributed by atoms with Crippen LogP contribution in [0, 0.1) is 5.21 Å². The fourth-order valence-electron chi connectivity index (χ4n) is 0.653. The third-order valence-corrected chi connectivity index (χ3v) is 1.16. The van der Waals surface area contributed by atoms with Crippen LogP contribution in [0.4, 0.5) is 5.69 Å². The quantitative estimate of drug-likeness (QED) is 0.606. The lowest BCUT2D eigenvalue weighted by Crippen LogP contribution is -2.11. The lowest BCUT2D eigenvalue weighted by Gasteiger charge is -2.26. The van der Waals surface area contributed by atoms with Crippen LogP contribution in [-0.2, 0) is 0 Å². The van der Waals surface area contributed by atoms with Crippen LogP contribution in [-0.4, -0.2) is 11.5 Å². The maximum atomic E-state index is 10.8. The van der Waals surface area contributed by atoms with Gasteiger partial charge in [0.1, 0.15) is 0 Å². The summed E-state index contributed by atoms with van der Waals surface area (Å²) in [4.78, 5) is 2.80. The Kier molecular flexibility index (Phi) is 1.75. The Morgan fingerprint density at radius 1 is 1.78 bits per heavy atom. The molecule has 0 radical (unpaired) electrons. The number of aromatic amines is 1. The van der Waals surface area contributed by atoms with Crippen LogP contribution in [0.5, 0.6) is 0 Å². The van der Waals surface area contributed by atoms with Gasteiger partial charge >= 0.3 is 0 Å². The van der Waals surface area contributed by atoms with E-state index in [-0.39, 0.29) is 0 Å². The molecule has 1 rings (SSSR count). The first-order valence-corrected chi connectivity index (χ1v) is 2.92. The predicted octanol–water partition coefficient (Wildman–Crippen LogP) is 1.34. The minimum absolute atomic E-state index is 0.498. The molecule has 0 aromatic carbocycles. The topological polar surface area (TPSA) is 42.1 Å². The molecule has 1 aromatic rings. The van der Waals surface area contributed by atoms with Gasteiger partial charge in [-0.3, -0.25) is 0 Å². The van der Waals surface area contributed by atoms with Crippen molar-refractivity contribution in [2.75, 3.05) is 11.6 Å². The van der Waals surface area contributed by atoms with Gasteiger partial charge in [0.2, 0.25) is 0 Å². The van der Waals surface area contributed by atoms with Crippen molar-refractivity contribution in [3.8, 4) is 0 Å². The highest BCUT2D eigenvalue weighted by Gasteiger charge is 1.88. The molecule has 0 bridgehead atoms. The molecule has 0 unspecified atom stereocenters. The molecule has 1 N–H and O–H groups in total. The van der Waals surface area contributed by atoms with Gasteiger partial charge in [0.25, 0.3) is 0 Å². The molecule has 0 fully saturated rings. The second-order valence-electron chi connectivity index (χ2n) is 1.76. The average Bonchev–Trinajstić information content (AvgIpc) is 2.37. The van der Waals surface area contributed by atoms with Crippen molar-refractivity contribution < 1.29 is 0 Å². The highest BCUT2D eigenvalue weighted by molar-refractivity contribution is 5.44. The van der Waals surface area contributed by atoms with Crippen molar-refractivity contribution in [2.24, 2.45) is 0 Å². The van der Waals surface area contributed by atoms with Crippen LogP contribution in [0.2, 0.25) is 0 Å². The summed E-state index contributed by atoms with van der Waals surface area (Å²) in [6, 6.07) is 1.75. The SMILES string of the molecule is CCN([O-])c1cc[nH]c1. The summed E-state index contributed by atoms with van der Waals surface area (Å²) in [7, 11) is 0. The number of nitrogens with zero attached hydrogens (tertiary/aromatic N) is 1. The fourth-order valence-corrected chi connectivity index (χ4v) is 0.653. The molecule has 0 aliphatic heterocycles. The number of H-pyrrole nitrogens is 1. The Morgan fingerprint density at radius 3 is 3.00 bits per heavy atom. The van der Waals surface area contributed by atoms with E-state index in [1.165, 1.54) is 0 Å². The molecule has 0 aliphatic rings.